The van der Waals surface area contributed by atoms with E-state index >= 15 is 4.39 Å². The summed E-state index contributed by atoms with van der Waals surface area (Å²) >= 11 is 0. The lowest BCUT2D eigenvalue weighted by Gasteiger charge is -2.23. The van der Waals surface area contributed by atoms with Crippen LogP contribution in [0.4, 0.5) is 10.1 Å². The van der Waals surface area contributed by atoms with Gasteiger partial charge in [0.25, 0.3) is 5.91 Å². The molecule has 5 N–H and O–H groups in total. The number of nitrogens with two attached hydrogens (primary N) is 2. The third-order valence-corrected chi connectivity index (χ3v) is 6.76. The van der Waals surface area contributed by atoms with Crippen LogP contribution in [0, 0.1) is 19.8 Å². The molecule has 246 valence electrons. The molecule has 44 heavy (non-hydrogen) atoms. The van der Waals surface area contributed by atoms with Crippen LogP contribution in [0.15, 0.2) is 23.2 Å². The number of carbonyl (C=O) groups is 1. The number of pyridine rings is 1. The fourth-order valence-corrected chi connectivity index (χ4v) is 4.30. The van der Waals surface area contributed by atoms with Crippen LogP contribution in [0.25, 0.3) is 0 Å². The number of ether oxygens (including phenoxy) is 2. The summed E-state index contributed by atoms with van der Waals surface area (Å²) in [6, 6.07) is 5.13. The number of aromatic nitrogens is 1. The van der Waals surface area contributed by atoms with Gasteiger partial charge in [-0.25, -0.2) is 4.39 Å². The molecular formula is C35H56FN5O3. The Morgan fingerprint density at radius 3 is 2.27 bits per heavy atom. The van der Waals surface area contributed by atoms with E-state index < -0.39 is 11.6 Å². The van der Waals surface area contributed by atoms with Crippen LogP contribution in [0.3, 0.4) is 0 Å². The molecule has 0 saturated heterocycles. The SMILES string of the molecule is C#C.C1CC1.CC.CCCCc1nc(C(CNC(=O)c2cc(C=NC)c(N)c(OC)c2)C2(F)CC2)cc(C)c1OCC.CN. The number of hydrogen-bond donors (Lipinski definition) is 3. The van der Waals surface area contributed by atoms with Gasteiger partial charge in [-0.2, -0.15) is 0 Å². The average molecular weight is 614 g/mol. The first-order valence-corrected chi connectivity index (χ1v) is 15.7. The van der Waals surface area contributed by atoms with Gasteiger partial charge in [0.2, 0.25) is 0 Å². The van der Waals surface area contributed by atoms with Gasteiger partial charge >= 0.3 is 0 Å². The van der Waals surface area contributed by atoms with Gasteiger partial charge in [0.1, 0.15) is 17.2 Å². The molecule has 2 aromatic rings. The number of nitrogen functional groups attached to an aromatic ring is 1. The Kier molecular flexibility index (Phi) is 20.1. The van der Waals surface area contributed by atoms with E-state index in [1.807, 2.05) is 33.8 Å². The van der Waals surface area contributed by atoms with Gasteiger partial charge in [0, 0.05) is 36.6 Å². The van der Waals surface area contributed by atoms with Crippen LogP contribution in [-0.4, -0.2) is 57.1 Å². The number of benzene rings is 1. The molecule has 2 saturated carbocycles. The largest absolute Gasteiger partial charge is 0.495 e. The first kappa shape index (κ1) is 40.4. The molecule has 0 spiro atoms. The summed E-state index contributed by atoms with van der Waals surface area (Å²) in [4.78, 5) is 21.9. The second kappa shape index (κ2) is 22.0. The Hall–Kier alpha value is -3.64. The minimum atomic E-state index is -1.37. The Balaban J connectivity index is 0.00000183. The molecule has 2 fully saturated rings. The molecule has 1 atom stereocenters. The molecule has 0 aliphatic heterocycles. The number of nitrogens with one attached hydrogen (secondary N) is 1. The van der Waals surface area contributed by atoms with E-state index in [0.717, 1.165) is 36.3 Å². The highest BCUT2D eigenvalue weighted by Gasteiger charge is 2.51. The van der Waals surface area contributed by atoms with E-state index in [1.165, 1.54) is 33.4 Å². The summed E-state index contributed by atoms with van der Waals surface area (Å²) in [6.07, 6.45) is 17.8. The van der Waals surface area contributed by atoms with Crippen molar-refractivity contribution in [1.82, 2.24) is 10.3 Å². The van der Waals surface area contributed by atoms with Crippen LogP contribution in [0.5, 0.6) is 11.5 Å². The summed E-state index contributed by atoms with van der Waals surface area (Å²) < 4.78 is 26.7. The molecule has 8 nitrogen and oxygen atoms in total. The third kappa shape index (κ3) is 12.5. The smallest absolute Gasteiger partial charge is 0.251 e. The molecule has 1 amide bonds. The predicted octanol–water partition coefficient (Wildman–Crippen LogP) is 6.81. The normalized spacial score (nSPS) is 14.0. The highest BCUT2D eigenvalue weighted by Crippen LogP contribution is 2.50. The van der Waals surface area contributed by atoms with Crippen molar-refractivity contribution in [2.24, 2.45) is 10.7 Å². The second-order valence-electron chi connectivity index (χ2n) is 10.1. The van der Waals surface area contributed by atoms with Crippen LogP contribution in [0.1, 0.15) is 111 Å². The van der Waals surface area contributed by atoms with Crippen molar-refractivity contribution in [3.8, 4) is 24.3 Å². The number of alkyl halides is 1. The Morgan fingerprint density at radius 2 is 1.80 bits per heavy atom. The van der Waals surface area contributed by atoms with Crippen molar-refractivity contribution in [1.29, 1.82) is 0 Å². The van der Waals surface area contributed by atoms with Gasteiger partial charge in [0.05, 0.1) is 31.0 Å². The summed E-state index contributed by atoms with van der Waals surface area (Å²) in [5.41, 5.74) is 13.0. The summed E-state index contributed by atoms with van der Waals surface area (Å²) in [6.45, 7) is 10.7. The van der Waals surface area contributed by atoms with Gasteiger partial charge in [-0.3, -0.25) is 14.8 Å². The molecule has 1 aromatic carbocycles. The number of carbonyl (C=O) groups excluding carboxylic acids is 1. The zero-order chi connectivity index (χ0) is 33.7. The third-order valence-electron chi connectivity index (χ3n) is 6.76. The molecule has 2 aliphatic rings. The topological polar surface area (TPSA) is 125 Å². The number of anilines is 1. The number of methoxy groups -OCH3 is 1. The minimum Gasteiger partial charge on any atom is -0.495 e. The van der Waals surface area contributed by atoms with Crippen LogP contribution in [0.2, 0.25) is 0 Å². The quantitative estimate of drug-likeness (QED) is 0.137. The molecule has 1 heterocycles. The summed E-state index contributed by atoms with van der Waals surface area (Å²) in [5, 5.41) is 2.91. The molecular weight excluding hydrogens is 557 g/mol. The number of amides is 1. The van der Waals surface area contributed by atoms with Crippen LogP contribution >= 0.6 is 0 Å². The Labute approximate surface area is 265 Å². The lowest BCUT2D eigenvalue weighted by molar-refractivity contribution is 0.0943. The fraction of sp³-hybridized carbons (Fsp3) is 0.571. The number of aliphatic imine (C=N–C) groups is 1. The Bertz CT molecular complexity index is 1170. The monoisotopic (exact) mass is 613 g/mol. The fourth-order valence-electron chi connectivity index (χ4n) is 4.30. The van der Waals surface area contributed by atoms with E-state index in [2.05, 4.69) is 35.8 Å². The first-order valence-electron chi connectivity index (χ1n) is 15.7. The lowest BCUT2D eigenvalue weighted by atomic mass is 9.94. The zero-order valence-electron chi connectivity index (χ0n) is 28.3. The van der Waals surface area contributed by atoms with Crippen molar-refractivity contribution in [3.05, 3.63) is 46.3 Å². The Morgan fingerprint density at radius 1 is 1.18 bits per heavy atom. The van der Waals surface area contributed by atoms with E-state index in [9.17, 15) is 4.79 Å². The lowest BCUT2D eigenvalue weighted by Crippen LogP contribution is -2.34. The number of halogens is 1. The predicted molar refractivity (Wildman–Crippen MR) is 183 cm³/mol. The van der Waals surface area contributed by atoms with Gasteiger partial charge in [0.15, 0.2) is 0 Å². The van der Waals surface area contributed by atoms with Crippen molar-refractivity contribution >= 4 is 17.8 Å². The van der Waals surface area contributed by atoms with Crippen molar-refractivity contribution in [2.45, 2.75) is 97.6 Å². The molecule has 1 aromatic heterocycles. The van der Waals surface area contributed by atoms with E-state index in [-0.39, 0.29) is 12.5 Å². The van der Waals surface area contributed by atoms with Crippen LogP contribution in [-0.2, 0) is 6.42 Å². The molecule has 0 radical (unpaired) electrons. The van der Waals surface area contributed by atoms with Gasteiger partial charge in [-0.15, -0.1) is 12.8 Å². The first-order chi connectivity index (χ1) is 21.3. The number of rotatable bonds is 12. The maximum Gasteiger partial charge on any atom is 0.251 e. The standard InChI is InChI=1S/C27H37FN4O3.C3H6.C2H6.C2H2.CH5N/c1-6-8-9-21-25(35-7-2)17(3)12-22(32-21)20(27(28)10-11-27)16-31-26(33)18-13-19(15-30-4)24(29)23(14-18)34-5;1-2-3-1;3*1-2/h12-15,20H,6-11,16,29H2,1-5H3,(H,31,33);1-3H2;1-2H3;1-2H;2H2,1H3. The molecule has 0 bridgehead atoms. The summed E-state index contributed by atoms with van der Waals surface area (Å²) in [7, 11) is 4.62. The van der Waals surface area contributed by atoms with Crippen LogP contribution < -0.4 is 26.3 Å². The van der Waals surface area contributed by atoms with Gasteiger partial charge < -0.3 is 26.3 Å². The van der Waals surface area contributed by atoms with E-state index in [0.29, 0.717) is 47.7 Å². The molecule has 9 heteroatoms. The second-order valence-corrected chi connectivity index (χ2v) is 10.1. The van der Waals surface area contributed by atoms with E-state index in [1.54, 1.807) is 25.4 Å². The maximum atomic E-state index is 15.5. The van der Waals surface area contributed by atoms with Gasteiger partial charge in [-0.1, -0.05) is 46.5 Å². The van der Waals surface area contributed by atoms with E-state index in [4.69, 9.17) is 20.2 Å². The summed E-state index contributed by atoms with van der Waals surface area (Å²) in [5.74, 6) is 0.290. The van der Waals surface area contributed by atoms with Crippen molar-refractivity contribution in [2.75, 3.05) is 40.1 Å². The molecule has 1 unspecified atom stereocenters. The highest BCUT2D eigenvalue weighted by molar-refractivity contribution is 5.99. The van der Waals surface area contributed by atoms with Crippen molar-refractivity contribution in [3.63, 3.8) is 0 Å². The number of terminal acetylenes is 1. The number of unbranched alkanes of at least 4 members (excludes halogenated alkanes) is 1. The average Bonchev–Trinajstić information content (AvgIpc) is 3.99. The zero-order valence-corrected chi connectivity index (χ0v) is 28.3. The maximum absolute atomic E-state index is 15.5. The number of aryl methyl sites for hydroxylation is 2. The molecule has 4 rings (SSSR count). The molecule has 2 aliphatic carbocycles. The number of nitrogens with zero attached hydrogens (tertiary/aromatic N) is 2. The number of hydrogen-bond acceptors (Lipinski definition) is 7. The van der Waals surface area contributed by atoms with Gasteiger partial charge in [-0.05, 0) is 70.3 Å². The highest BCUT2D eigenvalue weighted by atomic mass is 19.1. The van der Waals surface area contributed by atoms with Crippen molar-refractivity contribution < 1.29 is 18.7 Å². The minimum absolute atomic E-state index is 0.132.